The van der Waals surface area contributed by atoms with E-state index in [0.717, 1.165) is 27.8 Å². The van der Waals surface area contributed by atoms with Crippen molar-refractivity contribution in [2.75, 3.05) is 11.8 Å². The first-order valence-corrected chi connectivity index (χ1v) is 10.6. The largest absolute Gasteiger partial charge is 0.370 e. The number of carbonyl (C=O) groups excluding carboxylic acids is 1. The minimum atomic E-state index is -3.61. The van der Waals surface area contributed by atoms with Crippen molar-refractivity contribution in [2.45, 2.75) is 12.8 Å². The SMILES string of the molecule is CNS(=O)(=O)Nc1cccc(-c2ccc(-c3ccccc3)cc2CCC(N)=O)c1. The van der Waals surface area contributed by atoms with E-state index in [-0.39, 0.29) is 12.3 Å². The molecule has 0 heterocycles. The molecule has 7 heteroatoms. The van der Waals surface area contributed by atoms with Gasteiger partial charge >= 0.3 is 0 Å². The molecule has 0 saturated heterocycles. The van der Waals surface area contributed by atoms with Crippen LogP contribution in [-0.4, -0.2) is 21.4 Å². The van der Waals surface area contributed by atoms with Crippen molar-refractivity contribution >= 4 is 21.8 Å². The molecule has 0 aliphatic heterocycles. The van der Waals surface area contributed by atoms with Crippen LogP contribution in [0.1, 0.15) is 12.0 Å². The second-order valence-corrected chi connectivity index (χ2v) is 8.21. The first-order valence-electron chi connectivity index (χ1n) is 9.16. The van der Waals surface area contributed by atoms with Crippen molar-refractivity contribution in [3.8, 4) is 22.3 Å². The van der Waals surface area contributed by atoms with Crippen molar-refractivity contribution in [1.29, 1.82) is 0 Å². The highest BCUT2D eigenvalue weighted by Crippen LogP contribution is 2.31. The number of primary amides is 1. The molecule has 3 aromatic rings. The molecule has 0 unspecified atom stereocenters. The van der Waals surface area contributed by atoms with Crippen LogP contribution in [0.4, 0.5) is 5.69 Å². The summed E-state index contributed by atoms with van der Waals surface area (Å²) >= 11 is 0. The number of anilines is 1. The van der Waals surface area contributed by atoms with Gasteiger partial charge in [-0.3, -0.25) is 9.52 Å². The molecule has 0 atom stereocenters. The van der Waals surface area contributed by atoms with Crippen LogP contribution in [0.3, 0.4) is 0 Å². The maximum Gasteiger partial charge on any atom is 0.298 e. The van der Waals surface area contributed by atoms with Gasteiger partial charge in [-0.05, 0) is 46.4 Å². The number of hydrogen-bond acceptors (Lipinski definition) is 3. The standard InChI is InChI=1S/C22H23N3O3S/c1-24-29(27,28)25-20-9-5-8-18(15-20)21-12-10-17(16-6-3-2-4-7-16)14-19(21)11-13-22(23)26/h2-10,12,14-15,24-25H,11,13H2,1H3,(H2,23,26). The lowest BCUT2D eigenvalue weighted by molar-refractivity contribution is -0.117. The van der Waals surface area contributed by atoms with Crippen molar-refractivity contribution in [3.63, 3.8) is 0 Å². The molecule has 0 aromatic heterocycles. The smallest absolute Gasteiger partial charge is 0.298 e. The fraction of sp³-hybridized carbons (Fsp3) is 0.136. The summed E-state index contributed by atoms with van der Waals surface area (Å²) in [6.45, 7) is 0. The predicted octanol–water partition coefficient (Wildman–Crippen LogP) is 3.31. The summed E-state index contributed by atoms with van der Waals surface area (Å²) in [6, 6.07) is 23.2. The monoisotopic (exact) mass is 409 g/mol. The number of aryl methyl sites for hydroxylation is 1. The summed E-state index contributed by atoms with van der Waals surface area (Å²) in [6.07, 6.45) is 0.731. The fourth-order valence-electron chi connectivity index (χ4n) is 3.11. The van der Waals surface area contributed by atoms with Gasteiger partial charge in [0, 0.05) is 13.5 Å². The summed E-state index contributed by atoms with van der Waals surface area (Å²) < 4.78 is 28.3. The molecule has 6 nitrogen and oxygen atoms in total. The molecule has 0 aliphatic carbocycles. The highest BCUT2D eigenvalue weighted by Gasteiger charge is 2.11. The maximum atomic E-state index is 11.8. The number of amides is 1. The molecule has 3 aromatic carbocycles. The average Bonchev–Trinajstić information content (AvgIpc) is 2.72. The van der Waals surface area contributed by atoms with E-state index in [4.69, 9.17) is 5.73 Å². The molecule has 1 amide bonds. The molecule has 0 aliphatic rings. The number of carbonyl (C=O) groups is 1. The molecule has 0 bridgehead atoms. The van der Waals surface area contributed by atoms with Crippen LogP contribution >= 0.6 is 0 Å². The molecule has 3 rings (SSSR count). The Morgan fingerprint density at radius 2 is 1.62 bits per heavy atom. The van der Waals surface area contributed by atoms with Gasteiger partial charge in [-0.1, -0.05) is 60.7 Å². The van der Waals surface area contributed by atoms with Crippen LogP contribution in [0.25, 0.3) is 22.3 Å². The van der Waals surface area contributed by atoms with Gasteiger partial charge in [0.2, 0.25) is 5.91 Å². The van der Waals surface area contributed by atoms with Crippen molar-refractivity contribution in [3.05, 3.63) is 78.4 Å². The molecule has 0 fully saturated rings. The van der Waals surface area contributed by atoms with Gasteiger partial charge in [0.15, 0.2) is 0 Å². The van der Waals surface area contributed by atoms with Crippen LogP contribution in [0.15, 0.2) is 72.8 Å². The van der Waals surface area contributed by atoms with Gasteiger partial charge in [-0.15, -0.1) is 0 Å². The Labute approximate surface area is 171 Å². The van der Waals surface area contributed by atoms with Crippen LogP contribution in [0, 0.1) is 0 Å². The highest BCUT2D eigenvalue weighted by molar-refractivity contribution is 7.90. The molecule has 29 heavy (non-hydrogen) atoms. The highest BCUT2D eigenvalue weighted by atomic mass is 32.2. The molecule has 4 N–H and O–H groups in total. The zero-order valence-electron chi connectivity index (χ0n) is 16.1. The Kier molecular flexibility index (Phi) is 6.31. The summed E-state index contributed by atoms with van der Waals surface area (Å²) in [4.78, 5) is 11.4. The van der Waals surface area contributed by atoms with E-state index in [1.165, 1.54) is 7.05 Å². The Hall–Kier alpha value is -3.16. The third-order valence-electron chi connectivity index (χ3n) is 4.55. The van der Waals surface area contributed by atoms with E-state index >= 15 is 0 Å². The molecular formula is C22H23N3O3S. The van der Waals surface area contributed by atoms with Crippen molar-refractivity contribution in [2.24, 2.45) is 5.73 Å². The Morgan fingerprint density at radius 3 is 2.31 bits per heavy atom. The normalized spacial score (nSPS) is 11.2. The van der Waals surface area contributed by atoms with E-state index in [0.29, 0.717) is 12.1 Å². The van der Waals surface area contributed by atoms with Gasteiger partial charge in [-0.25, -0.2) is 4.72 Å². The van der Waals surface area contributed by atoms with Gasteiger partial charge in [0.25, 0.3) is 10.2 Å². The molecule has 0 saturated carbocycles. The molecule has 0 radical (unpaired) electrons. The number of nitrogens with one attached hydrogen (secondary N) is 2. The first-order chi connectivity index (χ1) is 13.9. The van der Waals surface area contributed by atoms with E-state index in [1.54, 1.807) is 18.2 Å². The van der Waals surface area contributed by atoms with E-state index in [2.05, 4.69) is 15.5 Å². The fourth-order valence-corrected chi connectivity index (χ4v) is 3.65. The minimum absolute atomic E-state index is 0.233. The third-order valence-corrected chi connectivity index (χ3v) is 5.59. The van der Waals surface area contributed by atoms with E-state index in [9.17, 15) is 13.2 Å². The topological polar surface area (TPSA) is 101 Å². The minimum Gasteiger partial charge on any atom is -0.370 e. The lowest BCUT2D eigenvalue weighted by Gasteiger charge is -2.14. The number of benzene rings is 3. The van der Waals surface area contributed by atoms with Crippen LogP contribution in [0.2, 0.25) is 0 Å². The van der Waals surface area contributed by atoms with E-state index in [1.807, 2.05) is 48.5 Å². The number of rotatable bonds is 8. The predicted molar refractivity (Wildman–Crippen MR) is 116 cm³/mol. The zero-order valence-corrected chi connectivity index (χ0v) is 16.9. The lowest BCUT2D eigenvalue weighted by Crippen LogP contribution is -2.26. The number of nitrogens with two attached hydrogens (primary N) is 1. The third kappa shape index (κ3) is 5.43. The van der Waals surface area contributed by atoms with Gasteiger partial charge < -0.3 is 5.73 Å². The lowest BCUT2D eigenvalue weighted by atomic mass is 9.92. The quantitative estimate of drug-likeness (QED) is 0.532. The Balaban J connectivity index is 2.02. The first kappa shape index (κ1) is 20.6. The average molecular weight is 410 g/mol. The van der Waals surface area contributed by atoms with Crippen LogP contribution in [0.5, 0.6) is 0 Å². The van der Waals surface area contributed by atoms with Crippen LogP contribution < -0.4 is 15.2 Å². The second kappa shape index (κ2) is 8.89. The molecular weight excluding hydrogens is 386 g/mol. The van der Waals surface area contributed by atoms with Gasteiger partial charge in [-0.2, -0.15) is 8.42 Å². The Morgan fingerprint density at radius 1 is 0.897 bits per heavy atom. The zero-order chi connectivity index (χ0) is 20.9. The maximum absolute atomic E-state index is 11.8. The summed E-state index contributed by atoms with van der Waals surface area (Å²) in [5, 5.41) is 0. The summed E-state index contributed by atoms with van der Waals surface area (Å²) in [7, 11) is -2.26. The van der Waals surface area contributed by atoms with Crippen molar-refractivity contribution < 1.29 is 13.2 Å². The second-order valence-electron chi connectivity index (χ2n) is 6.59. The number of hydrogen-bond donors (Lipinski definition) is 3. The molecule has 150 valence electrons. The molecule has 0 spiro atoms. The van der Waals surface area contributed by atoms with Gasteiger partial charge in [0.1, 0.15) is 0 Å². The van der Waals surface area contributed by atoms with E-state index < -0.39 is 10.2 Å². The summed E-state index contributed by atoms with van der Waals surface area (Å²) in [5.41, 5.74) is 10.7. The van der Waals surface area contributed by atoms with Crippen LogP contribution in [-0.2, 0) is 21.4 Å². The Bertz CT molecular complexity index is 1110. The van der Waals surface area contributed by atoms with Gasteiger partial charge in [0.05, 0.1) is 5.69 Å². The van der Waals surface area contributed by atoms with Crippen molar-refractivity contribution in [1.82, 2.24) is 4.72 Å². The summed E-state index contributed by atoms with van der Waals surface area (Å²) in [5.74, 6) is -0.364.